The van der Waals surface area contributed by atoms with Crippen LogP contribution in [0.15, 0.2) is 23.2 Å². The third-order valence-corrected chi connectivity index (χ3v) is 4.86. The summed E-state index contributed by atoms with van der Waals surface area (Å²) in [4.78, 5) is 18.9. The van der Waals surface area contributed by atoms with Crippen LogP contribution in [-0.2, 0) is 4.79 Å². The average Bonchev–Trinajstić information content (AvgIpc) is 3.15. The van der Waals surface area contributed by atoms with Gasteiger partial charge in [0.1, 0.15) is 12.4 Å². The minimum Gasteiger partial charge on any atom is -0.492 e. The fourth-order valence-corrected chi connectivity index (χ4v) is 3.44. The van der Waals surface area contributed by atoms with Gasteiger partial charge in [-0.15, -0.1) is 24.0 Å². The summed E-state index contributed by atoms with van der Waals surface area (Å²) in [6.07, 6.45) is 3.79. The van der Waals surface area contributed by atoms with Crippen LogP contribution < -0.4 is 15.4 Å². The number of ether oxygens (including phenoxy) is 1. The van der Waals surface area contributed by atoms with Gasteiger partial charge in [-0.2, -0.15) is 0 Å². The van der Waals surface area contributed by atoms with Gasteiger partial charge in [-0.3, -0.25) is 9.79 Å². The summed E-state index contributed by atoms with van der Waals surface area (Å²) in [7, 11) is 3.57. The van der Waals surface area contributed by atoms with E-state index in [0.29, 0.717) is 25.6 Å². The molecule has 0 heterocycles. The highest BCUT2D eigenvalue weighted by molar-refractivity contribution is 14.0. The summed E-state index contributed by atoms with van der Waals surface area (Å²) < 4.78 is 31.6. The highest BCUT2D eigenvalue weighted by Crippen LogP contribution is 2.39. The van der Waals surface area contributed by atoms with Crippen molar-refractivity contribution in [2.45, 2.75) is 32.6 Å². The fourth-order valence-electron chi connectivity index (χ4n) is 3.44. The molecular weight excluding hydrogens is 493 g/mol. The maximum atomic E-state index is 13.2. The SMILES string of the molecule is CCNC(=NCC1(C(=O)N(C)C)CCCC1)NCCOc1ccc(F)c(F)c1.I. The number of carbonyl (C=O) groups is 1. The maximum absolute atomic E-state index is 13.2. The molecule has 1 amide bonds. The Labute approximate surface area is 188 Å². The first-order chi connectivity index (χ1) is 13.4. The summed E-state index contributed by atoms with van der Waals surface area (Å²) >= 11 is 0. The second-order valence-electron chi connectivity index (χ2n) is 7.23. The van der Waals surface area contributed by atoms with Gasteiger partial charge in [-0.05, 0) is 31.9 Å². The zero-order valence-electron chi connectivity index (χ0n) is 17.3. The number of halogens is 3. The lowest BCUT2D eigenvalue weighted by molar-refractivity contribution is -0.138. The lowest BCUT2D eigenvalue weighted by Crippen LogP contribution is -2.43. The second-order valence-corrected chi connectivity index (χ2v) is 7.23. The van der Waals surface area contributed by atoms with Crippen LogP contribution in [0.1, 0.15) is 32.6 Å². The highest BCUT2D eigenvalue weighted by atomic mass is 127. The number of amides is 1. The topological polar surface area (TPSA) is 66.0 Å². The van der Waals surface area contributed by atoms with Crippen molar-refractivity contribution in [3.8, 4) is 5.75 Å². The predicted molar refractivity (Wildman–Crippen MR) is 121 cm³/mol. The number of nitrogens with zero attached hydrogens (tertiary/aromatic N) is 2. The van der Waals surface area contributed by atoms with Crippen molar-refractivity contribution >= 4 is 35.8 Å². The van der Waals surface area contributed by atoms with Crippen LogP contribution in [0.4, 0.5) is 8.78 Å². The molecule has 0 unspecified atom stereocenters. The first-order valence-electron chi connectivity index (χ1n) is 9.70. The van der Waals surface area contributed by atoms with Crippen LogP contribution in [-0.4, -0.2) is 57.1 Å². The fraction of sp³-hybridized carbons (Fsp3) is 0.600. The number of hydrogen-bond donors (Lipinski definition) is 2. The lowest BCUT2D eigenvalue weighted by atomic mass is 9.85. The Morgan fingerprint density at radius 2 is 1.90 bits per heavy atom. The molecule has 29 heavy (non-hydrogen) atoms. The largest absolute Gasteiger partial charge is 0.492 e. The molecule has 2 N–H and O–H groups in total. The zero-order valence-corrected chi connectivity index (χ0v) is 19.6. The van der Waals surface area contributed by atoms with E-state index in [1.807, 2.05) is 6.92 Å². The van der Waals surface area contributed by atoms with Crippen molar-refractivity contribution in [2.75, 3.05) is 40.3 Å². The van der Waals surface area contributed by atoms with Crippen LogP contribution >= 0.6 is 24.0 Å². The standard InChI is InChI=1S/C20H30F2N4O2.HI/c1-4-23-19(24-11-12-28-15-7-8-16(21)17(22)13-15)25-14-20(9-5-6-10-20)18(27)26(2)3;/h7-8,13H,4-6,9-12,14H2,1-3H3,(H2,23,24,25);1H. The Morgan fingerprint density at radius 3 is 2.48 bits per heavy atom. The Bertz CT molecular complexity index is 695. The van der Waals surface area contributed by atoms with E-state index < -0.39 is 17.0 Å². The molecule has 1 aliphatic rings. The first-order valence-corrected chi connectivity index (χ1v) is 9.70. The number of guanidine groups is 1. The predicted octanol–water partition coefficient (Wildman–Crippen LogP) is 3.17. The molecule has 0 bridgehead atoms. The molecule has 1 aromatic rings. The number of benzene rings is 1. The van der Waals surface area contributed by atoms with Gasteiger partial charge >= 0.3 is 0 Å². The quantitative estimate of drug-likeness (QED) is 0.238. The van der Waals surface area contributed by atoms with E-state index in [9.17, 15) is 13.6 Å². The smallest absolute Gasteiger partial charge is 0.230 e. The van der Waals surface area contributed by atoms with Gasteiger partial charge in [0.2, 0.25) is 5.91 Å². The molecule has 1 fully saturated rings. The average molecular weight is 524 g/mol. The molecule has 9 heteroatoms. The summed E-state index contributed by atoms with van der Waals surface area (Å²) in [5.41, 5.74) is -0.423. The van der Waals surface area contributed by atoms with Crippen molar-refractivity contribution in [1.82, 2.24) is 15.5 Å². The molecule has 0 aliphatic heterocycles. The number of hydrogen-bond acceptors (Lipinski definition) is 3. The summed E-state index contributed by atoms with van der Waals surface area (Å²) in [5, 5.41) is 6.30. The van der Waals surface area contributed by atoms with E-state index in [2.05, 4.69) is 15.6 Å². The van der Waals surface area contributed by atoms with Crippen molar-refractivity contribution in [3.05, 3.63) is 29.8 Å². The zero-order chi connectivity index (χ0) is 20.6. The second kappa shape index (κ2) is 12.1. The van der Waals surface area contributed by atoms with Gasteiger partial charge in [0, 0.05) is 26.7 Å². The molecule has 6 nitrogen and oxygen atoms in total. The molecular formula is C20H31F2IN4O2. The first kappa shape index (κ1) is 25.4. The Morgan fingerprint density at radius 1 is 1.21 bits per heavy atom. The van der Waals surface area contributed by atoms with E-state index >= 15 is 0 Å². The van der Waals surface area contributed by atoms with Gasteiger partial charge in [-0.1, -0.05) is 12.8 Å². The van der Waals surface area contributed by atoms with Gasteiger partial charge < -0.3 is 20.3 Å². The minimum absolute atomic E-state index is 0. The molecule has 1 saturated carbocycles. The van der Waals surface area contributed by atoms with Crippen LogP contribution in [0.2, 0.25) is 0 Å². The third kappa shape index (κ3) is 7.27. The molecule has 0 atom stereocenters. The summed E-state index contributed by atoms with van der Waals surface area (Å²) in [6.45, 7) is 3.77. The normalized spacial score (nSPS) is 15.4. The monoisotopic (exact) mass is 524 g/mol. The van der Waals surface area contributed by atoms with Crippen molar-refractivity contribution in [1.29, 1.82) is 0 Å². The number of rotatable bonds is 8. The lowest BCUT2D eigenvalue weighted by Gasteiger charge is -2.29. The molecule has 0 saturated heterocycles. The van der Waals surface area contributed by atoms with Crippen molar-refractivity contribution in [2.24, 2.45) is 10.4 Å². The van der Waals surface area contributed by atoms with Crippen LogP contribution in [0.25, 0.3) is 0 Å². The molecule has 0 radical (unpaired) electrons. The molecule has 1 aromatic carbocycles. The van der Waals surface area contributed by atoms with E-state index in [1.54, 1.807) is 19.0 Å². The van der Waals surface area contributed by atoms with Gasteiger partial charge in [0.05, 0.1) is 18.5 Å². The maximum Gasteiger partial charge on any atom is 0.230 e. The van der Waals surface area contributed by atoms with Crippen molar-refractivity contribution in [3.63, 3.8) is 0 Å². The van der Waals surface area contributed by atoms with Crippen molar-refractivity contribution < 1.29 is 18.3 Å². The van der Waals surface area contributed by atoms with E-state index in [0.717, 1.165) is 37.8 Å². The van der Waals surface area contributed by atoms with Gasteiger partial charge in [0.15, 0.2) is 17.6 Å². The molecule has 164 valence electrons. The summed E-state index contributed by atoms with van der Waals surface area (Å²) in [5.74, 6) is -0.836. The van der Waals surface area contributed by atoms with Crippen LogP contribution in [0.5, 0.6) is 5.75 Å². The molecule has 0 spiro atoms. The molecule has 1 aliphatic carbocycles. The van der Waals surface area contributed by atoms with E-state index in [1.165, 1.54) is 6.07 Å². The minimum atomic E-state index is -0.937. The van der Waals surface area contributed by atoms with Gasteiger partial charge in [-0.25, -0.2) is 8.78 Å². The summed E-state index contributed by atoms with van der Waals surface area (Å²) in [6, 6.07) is 3.44. The Balaban J connectivity index is 0.00000420. The number of aliphatic imine (C=N–C) groups is 1. The third-order valence-electron chi connectivity index (χ3n) is 4.86. The Hall–Kier alpha value is -1.65. The number of carbonyl (C=O) groups excluding carboxylic acids is 1. The van der Waals surface area contributed by atoms with Crippen LogP contribution in [0.3, 0.4) is 0 Å². The highest BCUT2D eigenvalue weighted by Gasteiger charge is 2.42. The van der Waals surface area contributed by atoms with E-state index in [4.69, 9.17) is 4.74 Å². The Kier molecular flexibility index (Phi) is 10.6. The number of nitrogens with one attached hydrogen (secondary N) is 2. The molecule has 2 rings (SSSR count). The van der Waals surface area contributed by atoms with Crippen LogP contribution in [0, 0.1) is 17.0 Å². The van der Waals surface area contributed by atoms with E-state index in [-0.39, 0.29) is 42.2 Å². The molecule has 0 aromatic heterocycles. The van der Waals surface area contributed by atoms with Gasteiger partial charge in [0.25, 0.3) is 0 Å².